The standard InChI is InChI=1S/C17H26N4O4.ClH/c1-11(2)15(18)17(24)21-10-14(22)19-8-9-20-16(23)12-4-6-13(25-3)7-5-12;/h4-7,11,15H,8-10,18H2,1-3H3,(H,19,22)(H,20,23)(H,21,24);1H/t15-;/m0./s1. The zero-order valence-electron chi connectivity index (χ0n) is 15.2. The van der Waals surface area contributed by atoms with Crippen LogP contribution in [0.1, 0.15) is 24.2 Å². The van der Waals surface area contributed by atoms with Gasteiger partial charge in [0.2, 0.25) is 11.8 Å². The second-order valence-electron chi connectivity index (χ2n) is 5.82. The van der Waals surface area contributed by atoms with Gasteiger partial charge in [-0.2, -0.15) is 0 Å². The maximum atomic E-state index is 11.9. The van der Waals surface area contributed by atoms with Gasteiger partial charge in [-0.05, 0) is 30.2 Å². The minimum absolute atomic E-state index is 0. The number of ether oxygens (including phenoxy) is 1. The highest BCUT2D eigenvalue weighted by molar-refractivity contribution is 5.94. The number of halogens is 1. The average Bonchev–Trinajstić information content (AvgIpc) is 2.62. The number of amides is 3. The van der Waals surface area contributed by atoms with Crippen LogP contribution in [0.25, 0.3) is 0 Å². The molecule has 0 bridgehead atoms. The topological polar surface area (TPSA) is 123 Å². The predicted octanol–water partition coefficient (Wildman–Crippen LogP) is 0.0625. The molecule has 1 aromatic carbocycles. The number of nitrogens with one attached hydrogen (secondary N) is 3. The Labute approximate surface area is 159 Å². The van der Waals surface area contributed by atoms with E-state index < -0.39 is 6.04 Å². The maximum absolute atomic E-state index is 11.9. The molecule has 0 saturated carbocycles. The monoisotopic (exact) mass is 386 g/mol. The van der Waals surface area contributed by atoms with Gasteiger partial charge in [-0.1, -0.05) is 13.8 Å². The van der Waals surface area contributed by atoms with Gasteiger partial charge in [0.05, 0.1) is 19.7 Å². The fraction of sp³-hybridized carbons (Fsp3) is 0.471. The first-order chi connectivity index (χ1) is 11.8. The SMILES string of the molecule is COc1ccc(C(=O)NCCNC(=O)CNC(=O)[C@@H](N)C(C)C)cc1.Cl. The van der Waals surface area contributed by atoms with E-state index in [0.29, 0.717) is 11.3 Å². The molecule has 1 aromatic rings. The van der Waals surface area contributed by atoms with Crippen LogP contribution in [-0.4, -0.2) is 50.5 Å². The fourth-order valence-electron chi connectivity index (χ4n) is 1.87. The van der Waals surface area contributed by atoms with Crippen molar-refractivity contribution in [2.24, 2.45) is 11.7 Å². The minimum Gasteiger partial charge on any atom is -0.497 e. The lowest BCUT2D eigenvalue weighted by Crippen LogP contribution is -2.47. The summed E-state index contributed by atoms with van der Waals surface area (Å²) in [5.41, 5.74) is 6.18. The van der Waals surface area contributed by atoms with Gasteiger partial charge in [0, 0.05) is 18.7 Å². The van der Waals surface area contributed by atoms with E-state index in [2.05, 4.69) is 16.0 Å². The van der Waals surface area contributed by atoms with E-state index in [1.807, 2.05) is 13.8 Å². The lowest BCUT2D eigenvalue weighted by Gasteiger charge is -2.15. The Morgan fingerprint density at radius 1 is 1.04 bits per heavy atom. The third-order valence-corrected chi connectivity index (χ3v) is 3.53. The zero-order chi connectivity index (χ0) is 18.8. The second kappa shape index (κ2) is 12.1. The summed E-state index contributed by atoms with van der Waals surface area (Å²) in [6.07, 6.45) is 0. The summed E-state index contributed by atoms with van der Waals surface area (Å²) in [5.74, 6) is -0.284. The largest absolute Gasteiger partial charge is 0.497 e. The summed E-state index contributed by atoms with van der Waals surface area (Å²) in [5, 5.41) is 7.76. The lowest BCUT2D eigenvalue weighted by atomic mass is 10.1. The highest BCUT2D eigenvalue weighted by Gasteiger charge is 2.17. The molecule has 0 fully saturated rings. The van der Waals surface area contributed by atoms with Crippen molar-refractivity contribution >= 4 is 30.1 Å². The van der Waals surface area contributed by atoms with Crippen molar-refractivity contribution < 1.29 is 19.1 Å². The quantitative estimate of drug-likeness (QED) is 0.447. The average molecular weight is 387 g/mol. The Balaban J connectivity index is 0.00000625. The van der Waals surface area contributed by atoms with Gasteiger partial charge in [-0.3, -0.25) is 14.4 Å². The Bertz CT molecular complexity index is 593. The molecular weight excluding hydrogens is 360 g/mol. The Hall–Kier alpha value is -2.32. The Morgan fingerprint density at radius 2 is 1.62 bits per heavy atom. The van der Waals surface area contributed by atoms with Crippen LogP contribution in [0.3, 0.4) is 0 Å². The third kappa shape index (κ3) is 8.17. The van der Waals surface area contributed by atoms with E-state index in [-0.39, 0.29) is 55.7 Å². The highest BCUT2D eigenvalue weighted by atomic mass is 35.5. The summed E-state index contributed by atoms with van der Waals surface area (Å²) in [4.78, 5) is 35.2. The van der Waals surface area contributed by atoms with Gasteiger partial charge in [-0.25, -0.2) is 0 Å². The first-order valence-electron chi connectivity index (χ1n) is 8.07. The number of rotatable bonds is 9. The van der Waals surface area contributed by atoms with E-state index in [0.717, 1.165) is 0 Å². The molecule has 0 saturated heterocycles. The zero-order valence-corrected chi connectivity index (χ0v) is 16.0. The molecule has 0 aliphatic heterocycles. The number of carbonyl (C=O) groups is 3. The molecule has 26 heavy (non-hydrogen) atoms. The van der Waals surface area contributed by atoms with E-state index in [1.165, 1.54) is 0 Å². The van der Waals surface area contributed by atoms with Crippen molar-refractivity contribution in [2.45, 2.75) is 19.9 Å². The molecule has 1 atom stereocenters. The molecule has 1 rings (SSSR count). The molecule has 0 aliphatic rings. The molecule has 5 N–H and O–H groups in total. The van der Waals surface area contributed by atoms with Crippen LogP contribution >= 0.6 is 12.4 Å². The highest BCUT2D eigenvalue weighted by Crippen LogP contribution is 2.10. The van der Waals surface area contributed by atoms with E-state index in [9.17, 15) is 14.4 Å². The van der Waals surface area contributed by atoms with Gasteiger partial charge in [-0.15, -0.1) is 12.4 Å². The minimum atomic E-state index is -0.642. The molecule has 0 aromatic heterocycles. The van der Waals surface area contributed by atoms with Crippen LogP contribution in [0.5, 0.6) is 5.75 Å². The second-order valence-corrected chi connectivity index (χ2v) is 5.82. The molecule has 9 heteroatoms. The van der Waals surface area contributed by atoms with Gasteiger partial charge in [0.25, 0.3) is 5.91 Å². The van der Waals surface area contributed by atoms with Crippen molar-refractivity contribution in [1.82, 2.24) is 16.0 Å². The Morgan fingerprint density at radius 3 is 2.15 bits per heavy atom. The number of carbonyl (C=O) groups excluding carboxylic acids is 3. The van der Waals surface area contributed by atoms with Crippen molar-refractivity contribution in [3.63, 3.8) is 0 Å². The molecule has 8 nitrogen and oxygen atoms in total. The van der Waals surface area contributed by atoms with Crippen molar-refractivity contribution in [2.75, 3.05) is 26.7 Å². The normalized spacial score (nSPS) is 11.1. The van der Waals surface area contributed by atoms with Crippen molar-refractivity contribution in [3.8, 4) is 5.75 Å². The first kappa shape index (κ1) is 23.7. The summed E-state index contributed by atoms with van der Waals surface area (Å²) < 4.78 is 5.02. The molecule has 3 amide bonds. The summed E-state index contributed by atoms with van der Waals surface area (Å²) in [6.45, 7) is 4.04. The number of benzene rings is 1. The van der Waals surface area contributed by atoms with Crippen LogP contribution in [-0.2, 0) is 9.59 Å². The summed E-state index contributed by atoms with van der Waals surface area (Å²) in [6, 6.07) is 6.06. The smallest absolute Gasteiger partial charge is 0.251 e. The number of nitrogens with two attached hydrogens (primary N) is 1. The molecule has 0 unspecified atom stereocenters. The van der Waals surface area contributed by atoms with Gasteiger partial charge < -0.3 is 26.4 Å². The summed E-state index contributed by atoms with van der Waals surface area (Å²) >= 11 is 0. The van der Waals surface area contributed by atoms with Crippen LogP contribution in [0.4, 0.5) is 0 Å². The molecular formula is C17H27ClN4O4. The van der Waals surface area contributed by atoms with Gasteiger partial charge in [0.1, 0.15) is 5.75 Å². The molecule has 0 heterocycles. The van der Waals surface area contributed by atoms with Crippen LogP contribution in [0.2, 0.25) is 0 Å². The van der Waals surface area contributed by atoms with E-state index in [1.54, 1.807) is 31.4 Å². The Kier molecular flexibility index (Phi) is 11.0. The number of hydrogen-bond acceptors (Lipinski definition) is 5. The van der Waals surface area contributed by atoms with E-state index in [4.69, 9.17) is 10.5 Å². The van der Waals surface area contributed by atoms with Crippen LogP contribution < -0.4 is 26.4 Å². The fourth-order valence-corrected chi connectivity index (χ4v) is 1.87. The van der Waals surface area contributed by atoms with Crippen molar-refractivity contribution in [1.29, 1.82) is 0 Å². The first-order valence-corrected chi connectivity index (χ1v) is 8.07. The van der Waals surface area contributed by atoms with Crippen molar-refractivity contribution in [3.05, 3.63) is 29.8 Å². The molecule has 0 radical (unpaired) electrons. The number of methoxy groups -OCH3 is 1. The molecule has 0 spiro atoms. The number of hydrogen-bond donors (Lipinski definition) is 4. The molecule has 146 valence electrons. The van der Waals surface area contributed by atoms with Gasteiger partial charge in [0.15, 0.2) is 0 Å². The third-order valence-electron chi connectivity index (χ3n) is 3.53. The predicted molar refractivity (Wildman–Crippen MR) is 101 cm³/mol. The lowest BCUT2D eigenvalue weighted by molar-refractivity contribution is -0.127. The maximum Gasteiger partial charge on any atom is 0.251 e. The van der Waals surface area contributed by atoms with Gasteiger partial charge >= 0.3 is 0 Å². The van der Waals surface area contributed by atoms with Crippen LogP contribution in [0, 0.1) is 5.92 Å². The summed E-state index contributed by atoms with van der Waals surface area (Å²) in [7, 11) is 1.55. The van der Waals surface area contributed by atoms with E-state index >= 15 is 0 Å². The van der Waals surface area contributed by atoms with Crippen LogP contribution in [0.15, 0.2) is 24.3 Å². The molecule has 0 aliphatic carbocycles.